The molecule has 0 aromatic rings. The molecule has 0 aromatic heterocycles. The lowest BCUT2D eigenvalue weighted by molar-refractivity contribution is -0.0259. The molecule has 0 N–H and O–H groups in total. The zero-order valence-electron chi connectivity index (χ0n) is 5.56. The van der Waals surface area contributed by atoms with Gasteiger partial charge in [0.1, 0.15) is 6.61 Å². The third-order valence-corrected chi connectivity index (χ3v) is 1.35. The van der Waals surface area contributed by atoms with E-state index < -0.39 is 13.0 Å². The molecule has 1 aliphatic heterocycles. The molecule has 1 unspecified atom stereocenters. The van der Waals surface area contributed by atoms with Gasteiger partial charge in [-0.15, -0.1) is 0 Å². The Morgan fingerprint density at radius 2 is 2.40 bits per heavy atom. The molecule has 1 rings (SSSR count). The van der Waals surface area contributed by atoms with E-state index in [0.717, 1.165) is 6.42 Å². The quantitative estimate of drug-likeness (QED) is 0.602. The molecular formula is C6H10F2O2. The maximum absolute atomic E-state index is 11.5. The van der Waals surface area contributed by atoms with Crippen molar-refractivity contribution in [2.24, 2.45) is 0 Å². The van der Waals surface area contributed by atoms with Gasteiger partial charge in [-0.1, -0.05) is 0 Å². The van der Waals surface area contributed by atoms with Crippen molar-refractivity contribution in [1.29, 1.82) is 0 Å². The minimum absolute atomic E-state index is 0.103. The van der Waals surface area contributed by atoms with Crippen LogP contribution in [0.25, 0.3) is 0 Å². The van der Waals surface area contributed by atoms with Crippen LogP contribution in [0, 0.1) is 0 Å². The average molecular weight is 152 g/mol. The first kappa shape index (κ1) is 7.88. The van der Waals surface area contributed by atoms with Crippen LogP contribution in [0.15, 0.2) is 0 Å². The lowest BCUT2D eigenvalue weighted by Gasteiger charge is -2.07. The molecule has 0 bridgehead atoms. The van der Waals surface area contributed by atoms with Crippen LogP contribution in [-0.2, 0) is 9.47 Å². The molecule has 1 aliphatic rings. The highest BCUT2D eigenvalue weighted by atomic mass is 19.3. The van der Waals surface area contributed by atoms with Crippen LogP contribution >= 0.6 is 0 Å². The van der Waals surface area contributed by atoms with E-state index in [1.54, 1.807) is 0 Å². The van der Waals surface area contributed by atoms with Crippen LogP contribution in [-0.4, -0.2) is 32.4 Å². The lowest BCUT2D eigenvalue weighted by atomic mass is 10.3. The Kier molecular flexibility index (Phi) is 3.02. The van der Waals surface area contributed by atoms with Gasteiger partial charge < -0.3 is 9.47 Å². The fraction of sp³-hybridized carbons (Fsp3) is 1.00. The van der Waals surface area contributed by atoms with E-state index in [2.05, 4.69) is 0 Å². The number of ether oxygens (including phenoxy) is 2. The molecule has 0 aromatic carbocycles. The van der Waals surface area contributed by atoms with E-state index in [0.29, 0.717) is 13.2 Å². The van der Waals surface area contributed by atoms with E-state index in [9.17, 15) is 8.78 Å². The van der Waals surface area contributed by atoms with E-state index in [1.807, 2.05) is 0 Å². The summed E-state index contributed by atoms with van der Waals surface area (Å²) in [7, 11) is 0. The molecule has 2 nitrogen and oxygen atoms in total. The fourth-order valence-corrected chi connectivity index (χ4v) is 0.853. The Morgan fingerprint density at radius 1 is 1.60 bits per heavy atom. The van der Waals surface area contributed by atoms with Gasteiger partial charge in [0.05, 0.1) is 12.7 Å². The minimum atomic E-state index is -2.36. The second-order valence-electron chi connectivity index (χ2n) is 2.21. The summed E-state index contributed by atoms with van der Waals surface area (Å²) in [5.41, 5.74) is 0. The highest BCUT2D eigenvalue weighted by molar-refractivity contribution is 4.62. The first-order valence-corrected chi connectivity index (χ1v) is 3.26. The number of alkyl halides is 2. The van der Waals surface area contributed by atoms with Gasteiger partial charge in [0.25, 0.3) is 6.43 Å². The van der Waals surface area contributed by atoms with Gasteiger partial charge in [-0.2, -0.15) is 0 Å². The molecular weight excluding hydrogens is 142 g/mol. The largest absolute Gasteiger partial charge is 0.379 e. The van der Waals surface area contributed by atoms with Gasteiger partial charge in [-0.3, -0.25) is 0 Å². The summed E-state index contributed by atoms with van der Waals surface area (Å²) in [5, 5.41) is 0. The molecule has 0 radical (unpaired) electrons. The van der Waals surface area contributed by atoms with E-state index in [4.69, 9.17) is 9.47 Å². The maximum Gasteiger partial charge on any atom is 0.261 e. The summed E-state index contributed by atoms with van der Waals surface area (Å²) in [6.07, 6.45) is -1.72. The Balaban J connectivity index is 2.01. The molecule has 4 heteroatoms. The van der Waals surface area contributed by atoms with Crippen LogP contribution in [0.3, 0.4) is 0 Å². The Morgan fingerprint density at radius 3 is 2.90 bits per heavy atom. The standard InChI is InChI=1S/C6H10F2O2/c7-6(8)4-10-5-1-2-9-3-5/h5-6H,1-4H2. The molecule has 0 spiro atoms. The fourth-order valence-electron chi connectivity index (χ4n) is 0.853. The molecule has 10 heavy (non-hydrogen) atoms. The molecule has 60 valence electrons. The zero-order valence-corrected chi connectivity index (χ0v) is 5.56. The highest BCUT2D eigenvalue weighted by Gasteiger charge is 2.17. The molecule has 0 aliphatic carbocycles. The van der Waals surface area contributed by atoms with Gasteiger partial charge >= 0.3 is 0 Å². The van der Waals surface area contributed by atoms with Crippen LogP contribution in [0.2, 0.25) is 0 Å². The topological polar surface area (TPSA) is 18.5 Å². The van der Waals surface area contributed by atoms with Gasteiger partial charge in [-0.25, -0.2) is 8.78 Å². The summed E-state index contributed by atoms with van der Waals surface area (Å²) < 4.78 is 32.8. The summed E-state index contributed by atoms with van der Waals surface area (Å²) in [4.78, 5) is 0. The summed E-state index contributed by atoms with van der Waals surface area (Å²) in [6, 6.07) is 0. The van der Waals surface area contributed by atoms with Gasteiger partial charge in [0.15, 0.2) is 0 Å². The molecule has 1 heterocycles. The van der Waals surface area contributed by atoms with Crippen molar-refractivity contribution in [1.82, 2.24) is 0 Å². The smallest absolute Gasteiger partial charge is 0.261 e. The van der Waals surface area contributed by atoms with Gasteiger partial charge in [0, 0.05) is 6.61 Å². The molecule has 1 atom stereocenters. The first-order valence-electron chi connectivity index (χ1n) is 3.26. The van der Waals surface area contributed by atoms with Crippen molar-refractivity contribution in [3.05, 3.63) is 0 Å². The van der Waals surface area contributed by atoms with Crippen molar-refractivity contribution in [2.75, 3.05) is 19.8 Å². The van der Waals surface area contributed by atoms with E-state index in [1.165, 1.54) is 0 Å². The van der Waals surface area contributed by atoms with Crippen molar-refractivity contribution in [3.63, 3.8) is 0 Å². The SMILES string of the molecule is FC(F)COC1CCOC1. The lowest BCUT2D eigenvalue weighted by Crippen LogP contribution is -2.16. The predicted molar refractivity (Wildman–Crippen MR) is 31.2 cm³/mol. The summed E-state index contributed by atoms with van der Waals surface area (Å²) >= 11 is 0. The normalized spacial score (nSPS) is 26.1. The number of halogens is 2. The first-order chi connectivity index (χ1) is 4.79. The van der Waals surface area contributed by atoms with E-state index >= 15 is 0 Å². The highest BCUT2D eigenvalue weighted by Crippen LogP contribution is 2.08. The summed E-state index contributed by atoms with van der Waals surface area (Å²) in [6.45, 7) is 0.634. The third kappa shape index (κ3) is 2.58. The number of rotatable bonds is 3. The third-order valence-electron chi connectivity index (χ3n) is 1.35. The monoisotopic (exact) mass is 152 g/mol. The predicted octanol–water partition coefficient (Wildman–Crippen LogP) is 1.06. The van der Waals surface area contributed by atoms with Crippen molar-refractivity contribution >= 4 is 0 Å². The maximum atomic E-state index is 11.5. The zero-order chi connectivity index (χ0) is 7.40. The number of hydrogen-bond donors (Lipinski definition) is 0. The Hall–Kier alpha value is -0.220. The second-order valence-corrected chi connectivity index (χ2v) is 2.21. The van der Waals surface area contributed by atoms with Crippen LogP contribution in [0.4, 0.5) is 8.78 Å². The second kappa shape index (κ2) is 3.83. The number of hydrogen-bond acceptors (Lipinski definition) is 2. The molecule has 0 saturated carbocycles. The van der Waals surface area contributed by atoms with Crippen LogP contribution in [0.1, 0.15) is 6.42 Å². The van der Waals surface area contributed by atoms with Gasteiger partial charge in [-0.05, 0) is 6.42 Å². The van der Waals surface area contributed by atoms with Crippen molar-refractivity contribution < 1.29 is 18.3 Å². The Labute approximate surface area is 58.1 Å². The van der Waals surface area contributed by atoms with Crippen LogP contribution in [0.5, 0.6) is 0 Å². The Bertz CT molecular complexity index is 91.7. The minimum Gasteiger partial charge on any atom is -0.379 e. The molecule has 1 fully saturated rings. The van der Waals surface area contributed by atoms with E-state index in [-0.39, 0.29) is 6.10 Å². The summed E-state index contributed by atoms with van der Waals surface area (Å²) in [5.74, 6) is 0. The molecule has 0 amide bonds. The molecule has 1 saturated heterocycles. The average Bonchev–Trinajstić information content (AvgIpc) is 2.34. The van der Waals surface area contributed by atoms with Crippen LogP contribution < -0.4 is 0 Å². The van der Waals surface area contributed by atoms with Gasteiger partial charge in [0.2, 0.25) is 0 Å². The van der Waals surface area contributed by atoms with Crippen molar-refractivity contribution in [2.45, 2.75) is 19.0 Å². The van der Waals surface area contributed by atoms with Crippen molar-refractivity contribution in [3.8, 4) is 0 Å².